The van der Waals surface area contributed by atoms with Gasteiger partial charge >= 0.3 is 0 Å². The third-order valence-electron chi connectivity index (χ3n) is 2.65. The van der Waals surface area contributed by atoms with Crippen LogP contribution in [0.5, 0.6) is 11.6 Å². The summed E-state index contributed by atoms with van der Waals surface area (Å²) in [5, 5.41) is 4.15. The molecule has 2 rings (SSSR count). The summed E-state index contributed by atoms with van der Waals surface area (Å²) < 4.78 is 21.0. The maximum atomic E-state index is 13.8. The molecule has 0 amide bonds. The molecule has 2 N–H and O–H groups in total. The number of para-hydroxylation sites is 1. The maximum absolute atomic E-state index is 13.8. The SMILES string of the molecule is Cc1cc(Oc2c(F)cccc2[C@H](C)N)n(C)n1. The summed E-state index contributed by atoms with van der Waals surface area (Å²) in [4.78, 5) is 0. The Morgan fingerprint density at radius 1 is 1.44 bits per heavy atom. The summed E-state index contributed by atoms with van der Waals surface area (Å²) >= 11 is 0. The quantitative estimate of drug-likeness (QED) is 0.909. The zero-order valence-electron chi connectivity index (χ0n) is 10.6. The van der Waals surface area contributed by atoms with E-state index in [4.69, 9.17) is 10.5 Å². The van der Waals surface area contributed by atoms with Crippen LogP contribution in [0.15, 0.2) is 24.3 Å². The van der Waals surface area contributed by atoms with Gasteiger partial charge in [-0.3, -0.25) is 0 Å². The van der Waals surface area contributed by atoms with Gasteiger partial charge in [-0.25, -0.2) is 9.07 Å². The van der Waals surface area contributed by atoms with Gasteiger partial charge in [0.2, 0.25) is 5.88 Å². The summed E-state index contributed by atoms with van der Waals surface area (Å²) in [7, 11) is 1.74. The van der Waals surface area contributed by atoms with E-state index in [0.29, 0.717) is 11.4 Å². The van der Waals surface area contributed by atoms with Gasteiger partial charge in [-0.1, -0.05) is 12.1 Å². The van der Waals surface area contributed by atoms with Gasteiger partial charge in [-0.2, -0.15) is 5.10 Å². The van der Waals surface area contributed by atoms with Crippen LogP contribution in [0.25, 0.3) is 0 Å². The van der Waals surface area contributed by atoms with Crippen LogP contribution < -0.4 is 10.5 Å². The van der Waals surface area contributed by atoms with E-state index in [0.717, 1.165) is 5.69 Å². The highest BCUT2D eigenvalue weighted by molar-refractivity contribution is 5.39. The normalized spacial score (nSPS) is 12.5. The lowest BCUT2D eigenvalue weighted by atomic mass is 10.1. The summed E-state index contributed by atoms with van der Waals surface area (Å²) in [5.41, 5.74) is 7.26. The maximum Gasteiger partial charge on any atom is 0.217 e. The van der Waals surface area contributed by atoms with Crippen LogP contribution in [0.4, 0.5) is 4.39 Å². The lowest BCUT2D eigenvalue weighted by molar-refractivity contribution is 0.396. The molecule has 0 bridgehead atoms. The van der Waals surface area contributed by atoms with Crippen molar-refractivity contribution in [1.82, 2.24) is 9.78 Å². The Morgan fingerprint density at radius 3 is 2.72 bits per heavy atom. The molecule has 18 heavy (non-hydrogen) atoms. The van der Waals surface area contributed by atoms with Crippen LogP contribution in [-0.2, 0) is 7.05 Å². The Balaban J connectivity index is 2.42. The van der Waals surface area contributed by atoms with Crippen LogP contribution in [0.2, 0.25) is 0 Å². The van der Waals surface area contributed by atoms with E-state index < -0.39 is 5.82 Å². The topological polar surface area (TPSA) is 53.1 Å². The minimum absolute atomic E-state index is 0.163. The zero-order valence-corrected chi connectivity index (χ0v) is 10.6. The highest BCUT2D eigenvalue weighted by atomic mass is 19.1. The average molecular weight is 249 g/mol. The van der Waals surface area contributed by atoms with E-state index in [1.54, 1.807) is 36.9 Å². The summed E-state index contributed by atoms with van der Waals surface area (Å²) in [6, 6.07) is 6.17. The van der Waals surface area contributed by atoms with Crippen molar-refractivity contribution in [2.75, 3.05) is 0 Å². The third kappa shape index (κ3) is 2.36. The van der Waals surface area contributed by atoms with E-state index >= 15 is 0 Å². The Labute approximate surface area is 105 Å². The molecule has 5 heteroatoms. The van der Waals surface area contributed by atoms with Gasteiger partial charge in [0.25, 0.3) is 0 Å². The smallest absolute Gasteiger partial charge is 0.217 e. The minimum Gasteiger partial charge on any atom is -0.436 e. The lowest BCUT2D eigenvalue weighted by Gasteiger charge is -2.14. The average Bonchev–Trinajstić information content (AvgIpc) is 2.60. The Bertz CT molecular complexity index is 563. The van der Waals surface area contributed by atoms with Crippen molar-refractivity contribution >= 4 is 0 Å². The van der Waals surface area contributed by atoms with Crippen molar-refractivity contribution in [1.29, 1.82) is 0 Å². The third-order valence-corrected chi connectivity index (χ3v) is 2.65. The van der Waals surface area contributed by atoms with E-state index in [1.807, 2.05) is 6.92 Å². The van der Waals surface area contributed by atoms with Crippen molar-refractivity contribution in [3.63, 3.8) is 0 Å². The van der Waals surface area contributed by atoms with Crippen LogP contribution in [0.3, 0.4) is 0 Å². The second-order valence-electron chi connectivity index (χ2n) is 4.30. The Kier molecular flexibility index (Phi) is 3.34. The molecule has 96 valence electrons. The van der Waals surface area contributed by atoms with Crippen LogP contribution in [0.1, 0.15) is 24.2 Å². The van der Waals surface area contributed by atoms with E-state index in [9.17, 15) is 4.39 Å². The molecule has 0 fully saturated rings. The number of aryl methyl sites for hydroxylation is 2. The van der Waals surface area contributed by atoms with Gasteiger partial charge in [-0.15, -0.1) is 0 Å². The first kappa shape index (κ1) is 12.6. The Morgan fingerprint density at radius 2 is 2.17 bits per heavy atom. The number of aromatic nitrogens is 2. The minimum atomic E-state index is -0.427. The van der Waals surface area contributed by atoms with E-state index in [-0.39, 0.29) is 11.8 Å². The van der Waals surface area contributed by atoms with Crippen molar-refractivity contribution in [2.24, 2.45) is 12.8 Å². The lowest BCUT2D eigenvalue weighted by Crippen LogP contribution is -2.08. The number of hydrogen-bond acceptors (Lipinski definition) is 3. The number of ether oxygens (including phenoxy) is 1. The molecule has 0 aliphatic rings. The molecule has 0 radical (unpaired) electrons. The van der Waals surface area contributed by atoms with Gasteiger partial charge in [0, 0.05) is 24.7 Å². The second-order valence-corrected chi connectivity index (χ2v) is 4.30. The molecule has 0 aliphatic heterocycles. The van der Waals surface area contributed by atoms with E-state index in [2.05, 4.69) is 5.10 Å². The number of rotatable bonds is 3. The molecule has 0 saturated heterocycles. The zero-order chi connectivity index (χ0) is 13.3. The molecule has 1 heterocycles. The summed E-state index contributed by atoms with van der Waals surface area (Å²) in [6.45, 7) is 3.64. The predicted molar refractivity (Wildman–Crippen MR) is 67.0 cm³/mol. The number of halogens is 1. The predicted octanol–water partition coefficient (Wildman–Crippen LogP) is 2.68. The molecule has 0 saturated carbocycles. The molecular formula is C13H16FN3O. The van der Waals surface area contributed by atoms with Crippen LogP contribution in [0, 0.1) is 12.7 Å². The fourth-order valence-electron chi connectivity index (χ4n) is 1.78. The molecule has 1 aromatic carbocycles. The molecular weight excluding hydrogens is 233 g/mol. The van der Waals surface area contributed by atoms with Crippen molar-refractivity contribution in [3.05, 3.63) is 41.3 Å². The standard InChI is InChI=1S/C13H16FN3O/c1-8-7-12(17(3)16-8)18-13-10(9(2)15)5-4-6-11(13)14/h4-7,9H,15H2,1-3H3/t9-/m0/s1. The van der Waals surface area contributed by atoms with Crippen molar-refractivity contribution in [3.8, 4) is 11.6 Å². The first-order chi connectivity index (χ1) is 8.49. The van der Waals surface area contributed by atoms with Crippen LogP contribution >= 0.6 is 0 Å². The molecule has 0 unspecified atom stereocenters. The molecule has 0 spiro atoms. The van der Waals surface area contributed by atoms with Crippen LogP contribution in [-0.4, -0.2) is 9.78 Å². The highest BCUT2D eigenvalue weighted by Gasteiger charge is 2.15. The fourth-order valence-corrected chi connectivity index (χ4v) is 1.78. The van der Waals surface area contributed by atoms with Crippen molar-refractivity contribution in [2.45, 2.75) is 19.9 Å². The molecule has 2 aromatic rings. The molecule has 1 atom stereocenters. The van der Waals surface area contributed by atoms with Gasteiger partial charge in [0.15, 0.2) is 11.6 Å². The van der Waals surface area contributed by atoms with Gasteiger partial charge in [0.1, 0.15) is 0 Å². The Hall–Kier alpha value is -1.88. The van der Waals surface area contributed by atoms with Gasteiger partial charge < -0.3 is 10.5 Å². The molecule has 1 aromatic heterocycles. The number of benzene rings is 1. The highest BCUT2D eigenvalue weighted by Crippen LogP contribution is 2.31. The fraction of sp³-hybridized carbons (Fsp3) is 0.308. The molecule has 4 nitrogen and oxygen atoms in total. The second kappa shape index (κ2) is 4.78. The largest absolute Gasteiger partial charge is 0.436 e. The molecule has 0 aliphatic carbocycles. The van der Waals surface area contributed by atoms with Crippen molar-refractivity contribution < 1.29 is 9.13 Å². The van der Waals surface area contributed by atoms with Gasteiger partial charge in [0.05, 0.1) is 5.69 Å². The number of hydrogen-bond donors (Lipinski definition) is 1. The summed E-state index contributed by atoms with van der Waals surface area (Å²) in [5.74, 6) is 0.221. The first-order valence-corrected chi connectivity index (χ1v) is 5.71. The van der Waals surface area contributed by atoms with E-state index in [1.165, 1.54) is 6.07 Å². The van der Waals surface area contributed by atoms with Gasteiger partial charge in [-0.05, 0) is 19.9 Å². The number of nitrogens with two attached hydrogens (primary N) is 1. The summed E-state index contributed by atoms with van der Waals surface area (Å²) in [6.07, 6.45) is 0. The first-order valence-electron chi connectivity index (χ1n) is 5.71. The monoisotopic (exact) mass is 249 g/mol. The number of nitrogens with zero attached hydrogens (tertiary/aromatic N) is 2.